The molecule has 2 aromatic rings. The van der Waals surface area contributed by atoms with Gasteiger partial charge < -0.3 is 14.2 Å². The average Bonchev–Trinajstić information content (AvgIpc) is 3.01. The molecule has 2 heterocycles. The van der Waals surface area contributed by atoms with Gasteiger partial charge in [0.05, 0.1) is 18.2 Å². The van der Waals surface area contributed by atoms with E-state index < -0.39 is 0 Å². The Hall–Kier alpha value is -2.14. The molecule has 24 heavy (non-hydrogen) atoms. The predicted octanol–water partition coefficient (Wildman–Crippen LogP) is 2.63. The van der Waals surface area contributed by atoms with Gasteiger partial charge in [-0.2, -0.15) is 0 Å². The molecule has 0 N–H and O–H groups in total. The lowest BCUT2D eigenvalue weighted by atomic mass is 9.87. The van der Waals surface area contributed by atoms with Crippen LogP contribution in [0.5, 0.6) is 0 Å². The van der Waals surface area contributed by atoms with Crippen molar-refractivity contribution in [2.75, 3.05) is 20.2 Å². The van der Waals surface area contributed by atoms with E-state index in [1.807, 2.05) is 24.0 Å². The minimum absolute atomic E-state index is 0.0689. The number of hydrogen-bond donors (Lipinski definition) is 0. The van der Waals surface area contributed by atoms with Crippen molar-refractivity contribution in [1.82, 2.24) is 10.1 Å². The standard InChI is InChI=1S/C19H24N2O3/c1-14-10-17(24-20-14)12-19(22)21-9-8-16(18(13-21)23-2)11-15-6-4-3-5-7-15/h3-7,10,16,18H,8-9,11-13H2,1-2H3/t16-,18-/m1/s1. The average molecular weight is 328 g/mol. The molecule has 1 aliphatic rings. The van der Waals surface area contributed by atoms with Crippen molar-refractivity contribution in [1.29, 1.82) is 0 Å². The van der Waals surface area contributed by atoms with E-state index in [1.165, 1.54) is 5.56 Å². The van der Waals surface area contributed by atoms with Gasteiger partial charge in [0.1, 0.15) is 5.76 Å². The van der Waals surface area contributed by atoms with E-state index in [0.717, 1.165) is 25.1 Å². The summed E-state index contributed by atoms with van der Waals surface area (Å²) in [7, 11) is 1.73. The Morgan fingerprint density at radius 1 is 1.38 bits per heavy atom. The Kier molecular flexibility index (Phi) is 5.30. The normalized spacial score (nSPS) is 21.0. The van der Waals surface area contributed by atoms with Crippen molar-refractivity contribution in [3.05, 3.63) is 53.4 Å². The van der Waals surface area contributed by atoms with Crippen LogP contribution in [-0.4, -0.2) is 42.3 Å². The van der Waals surface area contributed by atoms with Crippen molar-refractivity contribution in [3.63, 3.8) is 0 Å². The molecule has 1 aliphatic heterocycles. The fourth-order valence-electron chi connectivity index (χ4n) is 3.37. The van der Waals surface area contributed by atoms with Gasteiger partial charge in [-0.05, 0) is 31.2 Å². The van der Waals surface area contributed by atoms with E-state index in [0.29, 0.717) is 18.2 Å². The summed E-state index contributed by atoms with van der Waals surface area (Å²) >= 11 is 0. The molecular formula is C19H24N2O3. The number of hydrogen-bond acceptors (Lipinski definition) is 4. The third kappa shape index (κ3) is 4.03. The third-order valence-electron chi connectivity index (χ3n) is 4.69. The zero-order valence-corrected chi connectivity index (χ0v) is 14.3. The molecular weight excluding hydrogens is 304 g/mol. The highest BCUT2D eigenvalue weighted by Crippen LogP contribution is 2.24. The van der Waals surface area contributed by atoms with Gasteiger partial charge in [-0.3, -0.25) is 4.79 Å². The van der Waals surface area contributed by atoms with Gasteiger partial charge in [-0.1, -0.05) is 35.5 Å². The molecule has 5 heteroatoms. The van der Waals surface area contributed by atoms with Gasteiger partial charge in [-0.15, -0.1) is 0 Å². The summed E-state index contributed by atoms with van der Waals surface area (Å²) < 4.78 is 10.8. The van der Waals surface area contributed by atoms with Crippen molar-refractivity contribution >= 4 is 5.91 Å². The number of likely N-dealkylation sites (tertiary alicyclic amines) is 1. The van der Waals surface area contributed by atoms with E-state index in [9.17, 15) is 4.79 Å². The lowest BCUT2D eigenvalue weighted by Gasteiger charge is -2.38. The number of piperidine rings is 1. The number of aryl methyl sites for hydroxylation is 1. The molecule has 128 valence electrons. The summed E-state index contributed by atoms with van der Waals surface area (Å²) in [6.45, 7) is 3.26. The number of carbonyl (C=O) groups excluding carboxylic acids is 1. The molecule has 3 rings (SSSR count). The van der Waals surface area contributed by atoms with Crippen molar-refractivity contribution in [2.45, 2.75) is 32.3 Å². The van der Waals surface area contributed by atoms with E-state index in [-0.39, 0.29) is 18.4 Å². The largest absolute Gasteiger partial charge is 0.379 e. The van der Waals surface area contributed by atoms with E-state index in [2.05, 4.69) is 29.4 Å². The van der Waals surface area contributed by atoms with Crippen LogP contribution in [0.15, 0.2) is 40.9 Å². The Balaban J connectivity index is 1.58. The van der Waals surface area contributed by atoms with Crippen LogP contribution in [0, 0.1) is 12.8 Å². The van der Waals surface area contributed by atoms with Crippen LogP contribution in [0.1, 0.15) is 23.4 Å². The second kappa shape index (κ2) is 7.62. The minimum Gasteiger partial charge on any atom is -0.379 e. The first-order chi connectivity index (χ1) is 11.7. The first-order valence-electron chi connectivity index (χ1n) is 8.42. The molecule has 0 bridgehead atoms. The molecule has 1 aromatic heterocycles. The van der Waals surface area contributed by atoms with Crippen molar-refractivity contribution in [2.24, 2.45) is 5.92 Å². The number of nitrogens with zero attached hydrogens (tertiary/aromatic N) is 2. The summed E-state index contributed by atoms with van der Waals surface area (Å²) in [6.07, 6.45) is 2.28. The maximum absolute atomic E-state index is 12.5. The molecule has 1 aromatic carbocycles. The molecule has 0 radical (unpaired) electrons. The maximum atomic E-state index is 12.5. The number of aromatic nitrogens is 1. The lowest BCUT2D eigenvalue weighted by molar-refractivity contribution is -0.136. The Labute approximate surface area is 142 Å². The maximum Gasteiger partial charge on any atom is 0.230 e. The number of methoxy groups -OCH3 is 1. The molecule has 5 nitrogen and oxygen atoms in total. The minimum atomic E-state index is 0.0689. The molecule has 2 atom stereocenters. The molecule has 0 saturated carbocycles. The van der Waals surface area contributed by atoms with Crippen LogP contribution < -0.4 is 0 Å². The first kappa shape index (κ1) is 16.7. The first-order valence-corrected chi connectivity index (χ1v) is 8.42. The summed E-state index contributed by atoms with van der Waals surface area (Å²) in [5.74, 6) is 1.14. The lowest BCUT2D eigenvalue weighted by Crippen LogP contribution is -2.48. The molecule has 0 spiro atoms. The fourth-order valence-corrected chi connectivity index (χ4v) is 3.37. The highest BCUT2D eigenvalue weighted by molar-refractivity contribution is 5.78. The van der Waals surface area contributed by atoms with Crippen LogP contribution in [0.4, 0.5) is 0 Å². The second-order valence-electron chi connectivity index (χ2n) is 6.46. The van der Waals surface area contributed by atoms with Gasteiger partial charge in [0.25, 0.3) is 0 Å². The summed E-state index contributed by atoms with van der Waals surface area (Å²) in [4.78, 5) is 14.4. The van der Waals surface area contributed by atoms with Gasteiger partial charge in [0.15, 0.2) is 0 Å². The predicted molar refractivity (Wildman–Crippen MR) is 90.6 cm³/mol. The molecule has 0 unspecified atom stereocenters. The quantitative estimate of drug-likeness (QED) is 0.847. The van der Waals surface area contributed by atoms with Gasteiger partial charge in [0.2, 0.25) is 5.91 Å². The SMILES string of the molecule is CO[C@@H]1CN(C(=O)Cc2cc(C)no2)CC[C@@H]1Cc1ccccc1. The summed E-state index contributed by atoms with van der Waals surface area (Å²) in [5.41, 5.74) is 2.12. The molecule has 0 aliphatic carbocycles. The highest BCUT2D eigenvalue weighted by Gasteiger charge is 2.31. The van der Waals surface area contributed by atoms with Crippen LogP contribution in [-0.2, 0) is 22.4 Å². The van der Waals surface area contributed by atoms with Crippen molar-refractivity contribution in [3.8, 4) is 0 Å². The van der Waals surface area contributed by atoms with Gasteiger partial charge >= 0.3 is 0 Å². The third-order valence-corrected chi connectivity index (χ3v) is 4.69. The van der Waals surface area contributed by atoms with Crippen LogP contribution in [0.25, 0.3) is 0 Å². The summed E-state index contributed by atoms with van der Waals surface area (Å²) in [6, 6.07) is 12.3. The number of benzene rings is 1. The molecule has 1 fully saturated rings. The Morgan fingerprint density at radius 3 is 2.83 bits per heavy atom. The van der Waals surface area contributed by atoms with Crippen LogP contribution in [0.3, 0.4) is 0 Å². The second-order valence-corrected chi connectivity index (χ2v) is 6.46. The van der Waals surface area contributed by atoms with Crippen LogP contribution >= 0.6 is 0 Å². The smallest absolute Gasteiger partial charge is 0.230 e. The van der Waals surface area contributed by atoms with Crippen molar-refractivity contribution < 1.29 is 14.1 Å². The number of ether oxygens (including phenoxy) is 1. The van der Waals surface area contributed by atoms with Gasteiger partial charge in [0, 0.05) is 26.3 Å². The Bertz CT molecular complexity index is 668. The number of amides is 1. The number of carbonyl (C=O) groups is 1. The van der Waals surface area contributed by atoms with E-state index >= 15 is 0 Å². The van der Waals surface area contributed by atoms with Crippen LogP contribution in [0.2, 0.25) is 0 Å². The van der Waals surface area contributed by atoms with Gasteiger partial charge in [-0.25, -0.2) is 0 Å². The van der Waals surface area contributed by atoms with E-state index in [4.69, 9.17) is 9.26 Å². The summed E-state index contributed by atoms with van der Waals surface area (Å²) in [5, 5.41) is 3.83. The Morgan fingerprint density at radius 2 is 2.17 bits per heavy atom. The highest BCUT2D eigenvalue weighted by atomic mass is 16.5. The number of rotatable bonds is 5. The fraction of sp³-hybridized carbons (Fsp3) is 0.474. The zero-order chi connectivity index (χ0) is 16.9. The van der Waals surface area contributed by atoms with E-state index in [1.54, 1.807) is 7.11 Å². The monoisotopic (exact) mass is 328 g/mol. The molecule has 1 saturated heterocycles. The molecule has 1 amide bonds. The zero-order valence-electron chi connectivity index (χ0n) is 14.3. The topological polar surface area (TPSA) is 55.6 Å².